The number of nitrogens with one attached hydrogen (secondary N) is 2. The smallest absolute Gasteiger partial charge is 0.269 e. The third-order valence-corrected chi connectivity index (χ3v) is 3.11. The summed E-state index contributed by atoms with van der Waals surface area (Å²) in [7, 11) is 0. The van der Waals surface area contributed by atoms with E-state index in [-0.39, 0.29) is 11.8 Å². The molecule has 0 bridgehead atoms. The number of ether oxygens (including phenoxy) is 1. The van der Waals surface area contributed by atoms with E-state index >= 15 is 0 Å². The lowest BCUT2D eigenvalue weighted by atomic mass is 10.1. The molecule has 2 N–H and O–H groups in total. The van der Waals surface area contributed by atoms with Crippen molar-refractivity contribution in [3.05, 3.63) is 65.2 Å². The van der Waals surface area contributed by atoms with Gasteiger partial charge in [0.2, 0.25) is 0 Å². The van der Waals surface area contributed by atoms with E-state index in [1.807, 2.05) is 26.0 Å². The summed E-state index contributed by atoms with van der Waals surface area (Å²) >= 11 is 0. The summed E-state index contributed by atoms with van der Waals surface area (Å²) in [6.45, 7) is 4.29. The summed E-state index contributed by atoms with van der Waals surface area (Å²) in [5.41, 5.74) is 6.61. The molecule has 0 radical (unpaired) electrons. The Hall–Kier alpha value is -2.82. The van der Waals surface area contributed by atoms with Gasteiger partial charge in [-0.1, -0.05) is 18.2 Å². The normalized spacial score (nSPS) is 9.91. The minimum atomic E-state index is -0.384. The van der Waals surface area contributed by atoms with E-state index in [4.69, 9.17) is 4.74 Å². The first-order valence-electron chi connectivity index (χ1n) is 7.01. The lowest BCUT2D eigenvalue weighted by Crippen LogP contribution is -2.41. The van der Waals surface area contributed by atoms with Crippen molar-refractivity contribution < 1.29 is 14.3 Å². The Morgan fingerprint density at radius 2 is 1.59 bits per heavy atom. The average molecular weight is 298 g/mol. The van der Waals surface area contributed by atoms with Crippen molar-refractivity contribution in [2.45, 2.75) is 13.8 Å². The SMILES string of the molecule is CCOc1ccc(C(=O)NNC(=O)c2ccccc2C)cc1. The van der Waals surface area contributed by atoms with Crippen molar-refractivity contribution in [3.8, 4) is 5.75 Å². The maximum absolute atomic E-state index is 12.0. The lowest BCUT2D eigenvalue weighted by Gasteiger charge is -2.09. The largest absolute Gasteiger partial charge is 0.494 e. The Kier molecular flexibility index (Phi) is 5.14. The Labute approximate surface area is 129 Å². The minimum Gasteiger partial charge on any atom is -0.494 e. The van der Waals surface area contributed by atoms with E-state index in [0.29, 0.717) is 23.5 Å². The molecule has 22 heavy (non-hydrogen) atoms. The van der Waals surface area contributed by atoms with Gasteiger partial charge in [-0.05, 0) is 49.7 Å². The van der Waals surface area contributed by atoms with Gasteiger partial charge in [0.15, 0.2) is 0 Å². The second kappa shape index (κ2) is 7.26. The molecule has 2 aromatic carbocycles. The van der Waals surface area contributed by atoms with Gasteiger partial charge in [-0.3, -0.25) is 20.4 Å². The Morgan fingerprint density at radius 1 is 0.955 bits per heavy atom. The van der Waals surface area contributed by atoms with E-state index < -0.39 is 0 Å². The molecule has 0 saturated heterocycles. The summed E-state index contributed by atoms with van der Waals surface area (Å²) < 4.78 is 5.31. The fraction of sp³-hybridized carbons (Fsp3) is 0.176. The number of aryl methyl sites for hydroxylation is 1. The van der Waals surface area contributed by atoms with E-state index in [1.54, 1.807) is 36.4 Å². The van der Waals surface area contributed by atoms with Gasteiger partial charge in [0, 0.05) is 11.1 Å². The van der Waals surface area contributed by atoms with Crippen LogP contribution in [0.3, 0.4) is 0 Å². The molecule has 0 aliphatic heterocycles. The van der Waals surface area contributed by atoms with Crippen molar-refractivity contribution in [2.75, 3.05) is 6.61 Å². The number of benzene rings is 2. The number of rotatable bonds is 4. The number of carbonyl (C=O) groups is 2. The molecular weight excluding hydrogens is 280 g/mol. The fourth-order valence-electron chi connectivity index (χ4n) is 1.95. The predicted octanol–water partition coefficient (Wildman–Crippen LogP) is 2.47. The van der Waals surface area contributed by atoms with Gasteiger partial charge in [0.05, 0.1) is 6.61 Å². The van der Waals surface area contributed by atoms with Gasteiger partial charge >= 0.3 is 0 Å². The Morgan fingerprint density at radius 3 is 2.23 bits per heavy atom. The molecule has 0 spiro atoms. The summed E-state index contributed by atoms with van der Waals surface area (Å²) in [5, 5.41) is 0. The topological polar surface area (TPSA) is 67.4 Å². The third-order valence-electron chi connectivity index (χ3n) is 3.11. The zero-order valence-electron chi connectivity index (χ0n) is 12.6. The molecule has 0 fully saturated rings. The minimum absolute atomic E-state index is 0.350. The van der Waals surface area contributed by atoms with E-state index in [2.05, 4.69) is 10.9 Å². The molecule has 0 aliphatic carbocycles. The molecule has 0 saturated carbocycles. The first kappa shape index (κ1) is 15.6. The fourth-order valence-corrected chi connectivity index (χ4v) is 1.95. The molecule has 5 nitrogen and oxygen atoms in total. The van der Waals surface area contributed by atoms with Crippen molar-refractivity contribution in [1.82, 2.24) is 10.9 Å². The van der Waals surface area contributed by atoms with Crippen LogP contribution in [-0.2, 0) is 0 Å². The van der Waals surface area contributed by atoms with E-state index in [0.717, 1.165) is 5.56 Å². The first-order valence-corrected chi connectivity index (χ1v) is 7.01. The highest BCUT2D eigenvalue weighted by Gasteiger charge is 2.10. The third kappa shape index (κ3) is 3.85. The molecule has 5 heteroatoms. The highest BCUT2D eigenvalue weighted by molar-refractivity contribution is 5.99. The predicted molar refractivity (Wildman–Crippen MR) is 83.7 cm³/mol. The van der Waals surface area contributed by atoms with Crippen molar-refractivity contribution >= 4 is 11.8 Å². The van der Waals surface area contributed by atoms with Gasteiger partial charge in [-0.15, -0.1) is 0 Å². The molecule has 114 valence electrons. The first-order chi connectivity index (χ1) is 10.6. The van der Waals surface area contributed by atoms with Crippen molar-refractivity contribution in [2.24, 2.45) is 0 Å². The Bertz CT molecular complexity index is 666. The summed E-state index contributed by atoms with van der Waals surface area (Å²) in [6, 6.07) is 13.9. The average Bonchev–Trinajstić information content (AvgIpc) is 2.54. The maximum atomic E-state index is 12.0. The summed E-state index contributed by atoms with van der Waals surface area (Å²) in [4.78, 5) is 24.0. The van der Waals surface area contributed by atoms with Gasteiger partial charge < -0.3 is 4.74 Å². The number of hydrogen-bond donors (Lipinski definition) is 2. The quantitative estimate of drug-likeness (QED) is 0.852. The van der Waals surface area contributed by atoms with E-state index in [9.17, 15) is 9.59 Å². The van der Waals surface area contributed by atoms with Crippen LogP contribution < -0.4 is 15.6 Å². The standard InChI is InChI=1S/C17H18N2O3/c1-3-22-14-10-8-13(9-11-14)16(20)18-19-17(21)15-7-5-4-6-12(15)2/h4-11H,3H2,1-2H3,(H,18,20)(H,19,21). The Balaban J connectivity index is 1.95. The highest BCUT2D eigenvalue weighted by atomic mass is 16.5. The monoisotopic (exact) mass is 298 g/mol. The maximum Gasteiger partial charge on any atom is 0.269 e. The van der Waals surface area contributed by atoms with Crippen LogP contribution in [0.15, 0.2) is 48.5 Å². The molecular formula is C17H18N2O3. The molecule has 2 rings (SSSR count). The summed E-state index contributed by atoms with van der Waals surface area (Å²) in [5.74, 6) is -0.0367. The van der Waals surface area contributed by atoms with Gasteiger partial charge in [0.1, 0.15) is 5.75 Å². The lowest BCUT2D eigenvalue weighted by molar-refractivity contribution is 0.0846. The van der Waals surface area contributed by atoms with Crippen LogP contribution in [0.5, 0.6) is 5.75 Å². The second-order valence-electron chi connectivity index (χ2n) is 4.68. The van der Waals surface area contributed by atoms with Crippen LogP contribution in [0, 0.1) is 6.92 Å². The number of hydrazine groups is 1. The van der Waals surface area contributed by atoms with Gasteiger partial charge in [-0.2, -0.15) is 0 Å². The zero-order chi connectivity index (χ0) is 15.9. The second-order valence-corrected chi connectivity index (χ2v) is 4.68. The van der Waals surface area contributed by atoms with E-state index in [1.165, 1.54) is 0 Å². The number of carbonyl (C=O) groups excluding carboxylic acids is 2. The zero-order valence-corrected chi connectivity index (χ0v) is 12.6. The summed E-state index contributed by atoms with van der Waals surface area (Å²) in [6.07, 6.45) is 0. The van der Waals surface area contributed by atoms with Crippen LogP contribution >= 0.6 is 0 Å². The van der Waals surface area contributed by atoms with Crippen LogP contribution in [0.1, 0.15) is 33.2 Å². The molecule has 2 amide bonds. The molecule has 0 aliphatic rings. The van der Waals surface area contributed by atoms with Crippen LogP contribution in [-0.4, -0.2) is 18.4 Å². The van der Waals surface area contributed by atoms with Gasteiger partial charge in [0.25, 0.3) is 11.8 Å². The molecule has 0 aromatic heterocycles. The number of amides is 2. The van der Waals surface area contributed by atoms with Crippen LogP contribution in [0.4, 0.5) is 0 Å². The van der Waals surface area contributed by atoms with Crippen molar-refractivity contribution in [1.29, 1.82) is 0 Å². The van der Waals surface area contributed by atoms with Crippen molar-refractivity contribution in [3.63, 3.8) is 0 Å². The van der Waals surface area contributed by atoms with Crippen LogP contribution in [0.2, 0.25) is 0 Å². The highest BCUT2D eigenvalue weighted by Crippen LogP contribution is 2.12. The molecule has 0 unspecified atom stereocenters. The van der Waals surface area contributed by atoms with Gasteiger partial charge in [-0.25, -0.2) is 0 Å². The molecule has 0 atom stereocenters. The molecule has 2 aromatic rings. The molecule has 0 heterocycles. The van der Waals surface area contributed by atoms with Crippen LogP contribution in [0.25, 0.3) is 0 Å². The number of hydrogen-bond acceptors (Lipinski definition) is 3.